The molecule has 148 valence electrons. The summed E-state index contributed by atoms with van der Waals surface area (Å²) in [5, 5.41) is 0. The molecule has 28 heavy (non-hydrogen) atoms. The summed E-state index contributed by atoms with van der Waals surface area (Å²) >= 11 is 0. The minimum atomic E-state index is 0. The Morgan fingerprint density at radius 1 is 1.00 bits per heavy atom. The lowest BCUT2D eigenvalue weighted by atomic mass is 9.99. The Balaban J connectivity index is 0.00000225. The highest BCUT2D eigenvalue weighted by molar-refractivity contribution is 5.85. The van der Waals surface area contributed by atoms with Crippen LogP contribution >= 0.6 is 12.4 Å². The molecular weight excluding hydrogens is 376 g/mol. The largest absolute Gasteiger partial charge is 0.469 e. The average molecular weight is 401 g/mol. The molecule has 2 atom stereocenters. The maximum atomic E-state index is 5.85. The van der Waals surface area contributed by atoms with E-state index < -0.39 is 0 Å². The van der Waals surface area contributed by atoms with Crippen LogP contribution in [-0.2, 0) is 4.74 Å². The molecule has 1 aliphatic heterocycles. The Morgan fingerprint density at radius 2 is 1.75 bits per heavy atom. The Bertz CT molecular complexity index is 949. The fraction of sp³-hybridized carbons (Fsp3) is 0.381. The molecule has 3 aromatic rings. The summed E-state index contributed by atoms with van der Waals surface area (Å²) in [5.74, 6) is 1.57. The zero-order valence-electron chi connectivity index (χ0n) is 16.5. The molecule has 0 spiro atoms. The quantitative estimate of drug-likeness (QED) is 0.647. The predicted molar refractivity (Wildman–Crippen MR) is 112 cm³/mol. The van der Waals surface area contributed by atoms with E-state index in [9.17, 15) is 0 Å². The standard InChI is InChI=1S/C21H24N4O2.ClH/c1-13-9-22-7-5-17(13)19-10-23-21(25-11-14(2)27-15(3)12-25)24-20(19)18-6-8-26-16(18)4;/h5-10,14-15H,11-12H2,1-4H3;1H. The van der Waals surface area contributed by atoms with Crippen molar-refractivity contribution in [1.29, 1.82) is 0 Å². The topological polar surface area (TPSA) is 64.3 Å². The predicted octanol–water partition coefficient (Wildman–Crippen LogP) is 4.45. The van der Waals surface area contributed by atoms with Crippen molar-refractivity contribution in [1.82, 2.24) is 15.0 Å². The van der Waals surface area contributed by atoms with Crippen molar-refractivity contribution in [2.24, 2.45) is 0 Å². The summed E-state index contributed by atoms with van der Waals surface area (Å²) in [6.07, 6.45) is 7.58. The number of morpholine rings is 1. The maximum absolute atomic E-state index is 5.85. The molecule has 1 fully saturated rings. The third-order valence-corrected chi connectivity index (χ3v) is 4.90. The van der Waals surface area contributed by atoms with Crippen LogP contribution in [-0.4, -0.2) is 40.2 Å². The molecule has 3 aromatic heterocycles. The molecule has 4 heterocycles. The van der Waals surface area contributed by atoms with E-state index in [1.165, 1.54) is 0 Å². The molecule has 0 radical (unpaired) electrons. The van der Waals surface area contributed by atoms with Crippen LogP contribution in [0.4, 0.5) is 5.95 Å². The van der Waals surface area contributed by atoms with Gasteiger partial charge in [-0.15, -0.1) is 12.4 Å². The van der Waals surface area contributed by atoms with E-state index in [1.54, 1.807) is 12.5 Å². The van der Waals surface area contributed by atoms with Crippen LogP contribution < -0.4 is 4.90 Å². The number of halogens is 1. The van der Waals surface area contributed by atoms with Crippen LogP contribution in [0.1, 0.15) is 25.2 Å². The lowest BCUT2D eigenvalue weighted by molar-refractivity contribution is -0.00571. The second-order valence-corrected chi connectivity index (χ2v) is 7.18. The van der Waals surface area contributed by atoms with Crippen LogP contribution in [0.15, 0.2) is 41.4 Å². The van der Waals surface area contributed by atoms with Crippen LogP contribution in [0.2, 0.25) is 0 Å². The van der Waals surface area contributed by atoms with E-state index in [0.717, 1.165) is 52.7 Å². The smallest absolute Gasteiger partial charge is 0.226 e. The molecule has 0 aliphatic carbocycles. The van der Waals surface area contributed by atoms with Crippen molar-refractivity contribution in [3.8, 4) is 22.4 Å². The summed E-state index contributed by atoms with van der Waals surface area (Å²) < 4.78 is 11.4. The number of pyridine rings is 1. The molecule has 2 unspecified atom stereocenters. The number of anilines is 1. The molecule has 6 nitrogen and oxygen atoms in total. The summed E-state index contributed by atoms with van der Waals surface area (Å²) in [6, 6.07) is 3.97. The van der Waals surface area contributed by atoms with Gasteiger partial charge in [0, 0.05) is 42.8 Å². The fourth-order valence-corrected chi connectivity index (χ4v) is 3.67. The van der Waals surface area contributed by atoms with Crippen molar-refractivity contribution < 1.29 is 9.15 Å². The van der Waals surface area contributed by atoms with Gasteiger partial charge in [0.25, 0.3) is 0 Å². The lowest BCUT2D eigenvalue weighted by Crippen LogP contribution is -2.46. The van der Waals surface area contributed by atoms with Crippen LogP contribution in [0, 0.1) is 13.8 Å². The van der Waals surface area contributed by atoms with E-state index in [4.69, 9.17) is 19.1 Å². The van der Waals surface area contributed by atoms with E-state index in [-0.39, 0.29) is 24.6 Å². The molecule has 0 bridgehead atoms. The summed E-state index contributed by atoms with van der Waals surface area (Å²) in [4.78, 5) is 16.1. The Kier molecular flexibility index (Phi) is 6.01. The van der Waals surface area contributed by atoms with Gasteiger partial charge in [0.15, 0.2) is 0 Å². The first kappa shape index (κ1) is 20.3. The van der Waals surface area contributed by atoms with Gasteiger partial charge in [-0.3, -0.25) is 4.98 Å². The fourth-order valence-electron chi connectivity index (χ4n) is 3.67. The van der Waals surface area contributed by atoms with Crippen molar-refractivity contribution >= 4 is 18.4 Å². The first-order chi connectivity index (χ1) is 13.0. The number of hydrogen-bond donors (Lipinski definition) is 0. The lowest BCUT2D eigenvalue weighted by Gasteiger charge is -2.35. The van der Waals surface area contributed by atoms with Crippen LogP contribution in [0.3, 0.4) is 0 Å². The van der Waals surface area contributed by atoms with E-state index in [1.807, 2.05) is 38.4 Å². The summed E-state index contributed by atoms with van der Waals surface area (Å²) in [5.41, 5.74) is 5.02. The minimum Gasteiger partial charge on any atom is -0.469 e. The number of rotatable bonds is 3. The second kappa shape index (κ2) is 8.29. The van der Waals surface area contributed by atoms with Crippen molar-refractivity contribution in [3.63, 3.8) is 0 Å². The Morgan fingerprint density at radius 3 is 2.39 bits per heavy atom. The van der Waals surface area contributed by atoms with Crippen molar-refractivity contribution in [2.45, 2.75) is 39.9 Å². The minimum absolute atomic E-state index is 0. The highest BCUT2D eigenvalue weighted by Crippen LogP contribution is 2.35. The SMILES string of the molecule is Cc1cnccc1-c1cnc(N2CC(C)OC(C)C2)nc1-c1ccoc1C.Cl. The van der Waals surface area contributed by atoms with E-state index in [2.05, 4.69) is 23.7 Å². The van der Waals surface area contributed by atoms with Crippen LogP contribution in [0.5, 0.6) is 0 Å². The monoisotopic (exact) mass is 400 g/mol. The highest BCUT2D eigenvalue weighted by Gasteiger charge is 2.25. The molecule has 0 aromatic carbocycles. The number of aromatic nitrogens is 3. The third-order valence-electron chi connectivity index (χ3n) is 4.90. The second-order valence-electron chi connectivity index (χ2n) is 7.18. The van der Waals surface area contributed by atoms with Gasteiger partial charge in [0.1, 0.15) is 5.76 Å². The van der Waals surface area contributed by atoms with Gasteiger partial charge in [0.05, 0.1) is 24.2 Å². The molecule has 4 rings (SSSR count). The van der Waals surface area contributed by atoms with Gasteiger partial charge in [-0.2, -0.15) is 0 Å². The number of ether oxygens (including phenoxy) is 1. The third kappa shape index (κ3) is 3.88. The van der Waals surface area contributed by atoms with Crippen molar-refractivity contribution in [3.05, 3.63) is 48.3 Å². The maximum Gasteiger partial charge on any atom is 0.226 e. The molecule has 1 saturated heterocycles. The molecular formula is C21H25ClN4O2. The molecule has 1 aliphatic rings. The summed E-state index contributed by atoms with van der Waals surface area (Å²) in [6.45, 7) is 9.73. The number of aryl methyl sites for hydroxylation is 2. The molecule has 0 amide bonds. The van der Waals surface area contributed by atoms with Gasteiger partial charge < -0.3 is 14.1 Å². The number of nitrogens with zero attached hydrogens (tertiary/aromatic N) is 4. The number of furan rings is 1. The molecule has 0 saturated carbocycles. The van der Waals surface area contributed by atoms with E-state index >= 15 is 0 Å². The average Bonchev–Trinajstić information content (AvgIpc) is 3.07. The highest BCUT2D eigenvalue weighted by atomic mass is 35.5. The van der Waals surface area contributed by atoms with Gasteiger partial charge in [-0.1, -0.05) is 0 Å². The van der Waals surface area contributed by atoms with Gasteiger partial charge in [-0.05, 0) is 51.0 Å². The van der Waals surface area contributed by atoms with Gasteiger partial charge in [0.2, 0.25) is 5.95 Å². The Labute approximate surface area is 171 Å². The van der Waals surface area contributed by atoms with E-state index in [0.29, 0.717) is 0 Å². The summed E-state index contributed by atoms with van der Waals surface area (Å²) in [7, 11) is 0. The normalized spacial score (nSPS) is 19.4. The van der Waals surface area contributed by atoms with Crippen LogP contribution in [0.25, 0.3) is 22.4 Å². The Hall–Kier alpha value is -2.44. The zero-order chi connectivity index (χ0) is 19.0. The zero-order valence-corrected chi connectivity index (χ0v) is 17.4. The van der Waals surface area contributed by atoms with Gasteiger partial charge >= 0.3 is 0 Å². The first-order valence-electron chi connectivity index (χ1n) is 9.26. The molecule has 7 heteroatoms. The van der Waals surface area contributed by atoms with Crippen molar-refractivity contribution in [2.75, 3.05) is 18.0 Å². The first-order valence-corrected chi connectivity index (χ1v) is 9.26. The molecule has 0 N–H and O–H groups in total. The van der Waals surface area contributed by atoms with Gasteiger partial charge in [-0.25, -0.2) is 9.97 Å². The number of hydrogen-bond acceptors (Lipinski definition) is 6.